The molecule has 0 spiro atoms. The molecule has 1 saturated carbocycles. The summed E-state index contributed by atoms with van der Waals surface area (Å²) in [7, 11) is -3.91. The second kappa shape index (κ2) is 5.80. The molecule has 1 aromatic heterocycles. The normalized spacial score (nSPS) is 18.9. The summed E-state index contributed by atoms with van der Waals surface area (Å²) >= 11 is 0.864. The first-order valence-corrected chi connectivity index (χ1v) is 8.73. The molecule has 3 N–H and O–H groups in total. The van der Waals surface area contributed by atoms with E-state index in [0.717, 1.165) is 30.6 Å². The van der Waals surface area contributed by atoms with E-state index in [1.807, 2.05) is 0 Å². The Kier molecular flexibility index (Phi) is 4.48. The topological polar surface area (TPSA) is 104 Å². The van der Waals surface area contributed by atoms with Crippen molar-refractivity contribution in [3.8, 4) is 0 Å². The van der Waals surface area contributed by atoms with Crippen LogP contribution in [0.15, 0.2) is 16.3 Å². The van der Waals surface area contributed by atoms with Crippen LogP contribution in [0.2, 0.25) is 0 Å². The molecular weight excluding hydrogens is 302 g/mol. The van der Waals surface area contributed by atoms with E-state index in [9.17, 15) is 18.3 Å². The molecule has 0 radical (unpaired) electrons. The fourth-order valence-corrected chi connectivity index (χ4v) is 4.74. The molecular formula is C12H17NO5S2. The van der Waals surface area contributed by atoms with Crippen LogP contribution in [0, 0.1) is 0 Å². The van der Waals surface area contributed by atoms with Crippen LogP contribution in [0.3, 0.4) is 0 Å². The summed E-state index contributed by atoms with van der Waals surface area (Å²) in [5.41, 5.74) is -1.02. The quantitative estimate of drug-likeness (QED) is 0.761. The van der Waals surface area contributed by atoms with Gasteiger partial charge in [-0.15, -0.1) is 11.3 Å². The van der Waals surface area contributed by atoms with E-state index in [0.29, 0.717) is 12.8 Å². The van der Waals surface area contributed by atoms with Crippen molar-refractivity contribution < 1.29 is 23.4 Å². The van der Waals surface area contributed by atoms with Crippen LogP contribution in [0.1, 0.15) is 41.8 Å². The molecule has 20 heavy (non-hydrogen) atoms. The van der Waals surface area contributed by atoms with Crippen LogP contribution in [0.5, 0.6) is 0 Å². The van der Waals surface area contributed by atoms with Crippen molar-refractivity contribution in [2.75, 3.05) is 6.54 Å². The Morgan fingerprint density at radius 3 is 2.60 bits per heavy atom. The van der Waals surface area contributed by atoms with Gasteiger partial charge in [-0.3, -0.25) is 0 Å². The number of carbonyl (C=O) groups is 1. The second-order valence-electron chi connectivity index (χ2n) is 5.03. The van der Waals surface area contributed by atoms with Gasteiger partial charge in [-0.1, -0.05) is 19.3 Å². The van der Waals surface area contributed by atoms with Gasteiger partial charge in [-0.2, -0.15) is 0 Å². The number of aliphatic hydroxyl groups is 1. The first kappa shape index (κ1) is 15.4. The van der Waals surface area contributed by atoms with Crippen LogP contribution in [0.4, 0.5) is 0 Å². The lowest BCUT2D eigenvalue weighted by Crippen LogP contribution is -2.44. The lowest BCUT2D eigenvalue weighted by Gasteiger charge is -2.31. The highest BCUT2D eigenvalue weighted by Gasteiger charge is 2.32. The summed E-state index contributed by atoms with van der Waals surface area (Å²) in [6, 6.07) is 1.27. The minimum atomic E-state index is -3.91. The molecule has 0 aliphatic heterocycles. The summed E-state index contributed by atoms with van der Waals surface area (Å²) in [6.45, 7) is -0.0791. The van der Waals surface area contributed by atoms with Crippen LogP contribution in [0.25, 0.3) is 0 Å². The maximum Gasteiger partial charge on any atom is 0.347 e. The van der Waals surface area contributed by atoms with Gasteiger partial charge in [0.2, 0.25) is 10.0 Å². The summed E-state index contributed by atoms with van der Waals surface area (Å²) < 4.78 is 26.6. The highest BCUT2D eigenvalue weighted by Crippen LogP contribution is 2.28. The number of nitrogens with one attached hydrogen (secondary N) is 1. The lowest BCUT2D eigenvalue weighted by molar-refractivity contribution is 0.00945. The Hall–Kier alpha value is -0.960. The third-order valence-electron chi connectivity index (χ3n) is 3.49. The molecule has 6 nitrogen and oxygen atoms in total. The Morgan fingerprint density at radius 2 is 2.00 bits per heavy atom. The van der Waals surface area contributed by atoms with E-state index < -0.39 is 21.6 Å². The molecule has 0 aromatic carbocycles. The van der Waals surface area contributed by atoms with E-state index in [1.165, 1.54) is 11.4 Å². The third-order valence-corrected chi connectivity index (χ3v) is 5.96. The van der Waals surface area contributed by atoms with Crippen molar-refractivity contribution in [2.24, 2.45) is 0 Å². The highest BCUT2D eigenvalue weighted by molar-refractivity contribution is 7.89. The Bertz CT molecular complexity index is 587. The number of rotatable bonds is 5. The summed E-state index contributed by atoms with van der Waals surface area (Å²) in [5.74, 6) is -1.27. The van der Waals surface area contributed by atoms with Gasteiger partial charge in [0.25, 0.3) is 0 Å². The molecule has 1 aliphatic rings. The number of carboxylic acids is 1. The molecule has 112 valence electrons. The standard InChI is InChI=1S/C12H17NO5S2/c14-11(15)10-9(4-7-19-10)20(17,18)13-8-12(16)5-2-1-3-6-12/h4,7,13,16H,1-3,5-6,8H2,(H,14,15). The van der Waals surface area contributed by atoms with Crippen LogP contribution >= 0.6 is 11.3 Å². The zero-order chi connectivity index (χ0) is 14.8. The molecule has 1 aliphatic carbocycles. The minimum Gasteiger partial charge on any atom is -0.477 e. The Labute approximate surface area is 121 Å². The molecule has 1 heterocycles. The average molecular weight is 319 g/mol. The molecule has 2 rings (SSSR count). The van der Waals surface area contributed by atoms with Gasteiger partial charge in [0.1, 0.15) is 9.77 Å². The van der Waals surface area contributed by atoms with Crippen molar-refractivity contribution >= 4 is 27.3 Å². The lowest BCUT2D eigenvalue weighted by atomic mass is 9.85. The van der Waals surface area contributed by atoms with Crippen molar-refractivity contribution in [3.05, 3.63) is 16.3 Å². The monoisotopic (exact) mass is 319 g/mol. The zero-order valence-electron chi connectivity index (χ0n) is 10.8. The summed E-state index contributed by atoms with van der Waals surface area (Å²) in [5, 5.41) is 20.6. The number of sulfonamides is 1. The first-order chi connectivity index (χ1) is 9.34. The van der Waals surface area contributed by atoms with Crippen molar-refractivity contribution in [1.82, 2.24) is 4.72 Å². The third kappa shape index (κ3) is 3.38. The maximum absolute atomic E-state index is 12.1. The second-order valence-corrected chi connectivity index (χ2v) is 7.68. The smallest absolute Gasteiger partial charge is 0.347 e. The predicted molar refractivity (Wildman–Crippen MR) is 74.5 cm³/mol. The molecule has 0 bridgehead atoms. The van der Waals surface area contributed by atoms with Crippen molar-refractivity contribution in [2.45, 2.75) is 42.6 Å². The largest absolute Gasteiger partial charge is 0.477 e. The van der Waals surface area contributed by atoms with Crippen LogP contribution < -0.4 is 4.72 Å². The number of aromatic carboxylic acids is 1. The SMILES string of the molecule is O=C(O)c1sccc1S(=O)(=O)NCC1(O)CCCCC1. The maximum atomic E-state index is 12.1. The molecule has 0 atom stereocenters. The van der Waals surface area contributed by atoms with Crippen LogP contribution in [-0.4, -0.2) is 36.7 Å². The van der Waals surface area contributed by atoms with Gasteiger partial charge in [-0.25, -0.2) is 17.9 Å². The highest BCUT2D eigenvalue weighted by atomic mass is 32.2. The number of carboxylic acid groups (broad SMARTS) is 1. The fraction of sp³-hybridized carbons (Fsp3) is 0.583. The van der Waals surface area contributed by atoms with E-state index in [4.69, 9.17) is 5.11 Å². The summed E-state index contributed by atoms with van der Waals surface area (Å²) in [4.78, 5) is 10.5. The van der Waals surface area contributed by atoms with Gasteiger partial charge in [0.05, 0.1) is 5.60 Å². The molecule has 0 amide bonds. The molecule has 1 aromatic rings. The Balaban J connectivity index is 2.11. The van der Waals surface area contributed by atoms with E-state index in [1.54, 1.807) is 0 Å². The molecule has 1 fully saturated rings. The van der Waals surface area contributed by atoms with Gasteiger partial charge < -0.3 is 10.2 Å². The Morgan fingerprint density at radius 1 is 1.35 bits per heavy atom. The average Bonchev–Trinajstić information content (AvgIpc) is 2.88. The minimum absolute atomic E-state index is 0.0791. The number of thiophene rings is 1. The van der Waals surface area contributed by atoms with Gasteiger partial charge >= 0.3 is 5.97 Å². The van der Waals surface area contributed by atoms with Gasteiger partial charge in [0.15, 0.2) is 0 Å². The zero-order valence-corrected chi connectivity index (χ0v) is 12.5. The van der Waals surface area contributed by atoms with Gasteiger partial charge in [-0.05, 0) is 24.3 Å². The van der Waals surface area contributed by atoms with Crippen molar-refractivity contribution in [3.63, 3.8) is 0 Å². The molecule has 0 saturated heterocycles. The fourth-order valence-electron chi connectivity index (χ4n) is 2.36. The predicted octanol–water partition coefficient (Wildman–Crippen LogP) is 1.42. The van der Waals surface area contributed by atoms with Gasteiger partial charge in [0, 0.05) is 6.54 Å². The van der Waals surface area contributed by atoms with E-state index in [-0.39, 0.29) is 16.3 Å². The van der Waals surface area contributed by atoms with E-state index >= 15 is 0 Å². The van der Waals surface area contributed by atoms with Crippen LogP contribution in [-0.2, 0) is 10.0 Å². The summed E-state index contributed by atoms with van der Waals surface area (Å²) in [6.07, 6.45) is 3.91. The van der Waals surface area contributed by atoms with E-state index in [2.05, 4.69) is 4.72 Å². The molecule has 8 heteroatoms. The number of hydrogen-bond donors (Lipinski definition) is 3. The molecule has 0 unspecified atom stereocenters. The number of hydrogen-bond acceptors (Lipinski definition) is 5. The first-order valence-electron chi connectivity index (χ1n) is 6.37. The van der Waals surface area contributed by atoms with Crippen molar-refractivity contribution in [1.29, 1.82) is 0 Å².